The van der Waals surface area contributed by atoms with Gasteiger partial charge >= 0.3 is 0 Å². The summed E-state index contributed by atoms with van der Waals surface area (Å²) in [5, 5.41) is 0. The predicted molar refractivity (Wildman–Crippen MR) is 73.2 cm³/mol. The molecule has 2 rings (SSSR count). The van der Waals surface area contributed by atoms with Gasteiger partial charge in [0.25, 0.3) is 0 Å². The van der Waals surface area contributed by atoms with Crippen molar-refractivity contribution in [1.82, 2.24) is 0 Å². The molecule has 0 aromatic heterocycles. The first kappa shape index (κ1) is 13.0. The molecule has 0 spiro atoms. The maximum absolute atomic E-state index is 13.1. The van der Waals surface area contributed by atoms with Crippen molar-refractivity contribution in [2.45, 2.75) is 12.8 Å². The van der Waals surface area contributed by atoms with Gasteiger partial charge in [0, 0.05) is 16.5 Å². The maximum atomic E-state index is 13.1. The quantitative estimate of drug-likeness (QED) is 0.765. The van der Waals surface area contributed by atoms with Crippen LogP contribution in [0.15, 0.2) is 53.0 Å². The minimum atomic E-state index is -0.277. The number of carbonyl (C=O) groups excluding carboxylic acids is 1. The largest absolute Gasteiger partial charge is 0.294 e. The molecule has 3 heteroatoms. The zero-order valence-corrected chi connectivity index (χ0v) is 11.3. The number of hydrogen-bond acceptors (Lipinski definition) is 1. The van der Waals surface area contributed by atoms with E-state index in [9.17, 15) is 9.18 Å². The van der Waals surface area contributed by atoms with Crippen molar-refractivity contribution in [3.63, 3.8) is 0 Å². The number of ketones is 1. The molecule has 0 fully saturated rings. The van der Waals surface area contributed by atoms with Crippen LogP contribution in [0.25, 0.3) is 0 Å². The van der Waals surface area contributed by atoms with Crippen molar-refractivity contribution in [3.8, 4) is 0 Å². The van der Waals surface area contributed by atoms with Crippen LogP contribution in [0.2, 0.25) is 0 Å². The van der Waals surface area contributed by atoms with Gasteiger partial charge in [0.2, 0.25) is 0 Å². The summed E-state index contributed by atoms with van der Waals surface area (Å²) in [6, 6.07) is 13.7. The van der Waals surface area contributed by atoms with Gasteiger partial charge < -0.3 is 0 Å². The van der Waals surface area contributed by atoms with Crippen LogP contribution in [0.3, 0.4) is 0 Å². The highest BCUT2D eigenvalue weighted by molar-refractivity contribution is 9.10. The van der Waals surface area contributed by atoms with E-state index >= 15 is 0 Å². The van der Waals surface area contributed by atoms with E-state index in [1.54, 1.807) is 18.2 Å². The van der Waals surface area contributed by atoms with Gasteiger partial charge in [-0.3, -0.25) is 4.79 Å². The number of halogens is 2. The molecule has 0 heterocycles. The van der Waals surface area contributed by atoms with E-state index in [0.29, 0.717) is 18.4 Å². The van der Waals surface area contributed by atoms with Crippen LogP contribution in [-0.4, -0.2) is 5.78 Å². The summed E-state index contributed by atoms with van der Waals surface area (Å²) in [4.78, 5) is 11.9. The number of benzene rings is 2. The lowest BCUT2D eigenvalue weighted by molar-refractivity contribution is 0.0982. The lowest BCUT2D eigenvalue weighted by Crippen LogP contribution is -2.01. The average molecular weight is 307 g/mol. The molecule has 0 amide bonds. The molecule has 0 N–H and O–H groups in total. The molecular formula is C15H12BrFO. The van der Waals surface area contributed by atoms with Crippen molar-refractivity contribution in [3.05, 3.63) is 69.9 Å². The number of carbonyl (C=O) groups is 1. The standard InChI is InChI=1S/C15H12BrFO/c16-14-8-7-13(17)10-12(14)6-9-15(18)11-4-2-1-3-5-11/h1-5,7-8,10H,6,9H2. The summed E-state index contributed by atoms with van der Waals surface area (Å²) in [5.74, 6) is -0.202. The van der Waals surface area contributed by atoms with Gasteiger partial charge in [-0.25, -0.2) is 4.39 Å². The van der Waals surface area contributed by atoms with Crippen LogP contribution in [0.5, 0.6) is 0 Å². The Hall–Kier alpha value is -1.48. The minimum absolute atomic E-state index is 0.0757. The molecule has 18 heavy (non-hydrogen) atoms. The first-order chi connectivity index (χ1) is 8.66. The monoisotopic (exact) mass is 306 g/mol. The molecule has 0 saturated carbocycles. The summed E-state index contributed by atoms with van der Waals surface area (Å²) in [6.07, 6.45) is 0.915. The van der Waals surface area contributed by atoms with Crippen molar-refractivity contribution < 1.29 is 9.18 Å². The van der Waals surface area contributed by atoms with E-state index in [2.05, 4.69) is 15.9 Å². The van der Waals surface area contributed by atoms with E-state index in [0.717, 1.165) is 10.0 Å². The van der Waals surface area contributed by atoms with Crippen molar-refractivity contribution in [2.24, 2.45) is 0 Å². The highest BCUT2D eigenvalue weighted by atomic mass is 79.9. The van der Waals surface area contributed by atoms with Gasteiger partial charge in [0.05, 0.1) is 0 Å². The van der Waals surface area contributed by atoms with Gasteiger partial charge in [-0.1, -0.05) is 46.3 Å². The summed E-state index contributed by atoms with van der Waals surface area (Å²) < 4.78 is 13.9. The van der Waals surface area contributed by atoms with Crippen LogP contribution in [-0.2, 0) is 6.42 Å². The molecule has 2 aromatic carbocycles. The van der Waals surface area contributed by atoms with Gasteiger partial charge in [-0.05, 0) is 30.2 Å². The number of hydrogen-bond donors (Lipinski definition) is 0. The zero-order valence-electron chi connectivity index (χ0n) is 9.70. The van der Waals surface area contributed by atoms with Crippen molar-refractivity contribution in [2.75, 3.05) is 0 Å². The van der Waals surface area contributed by atoms with Crippen molar-refractivity contribution >= 4 is 21.7 Å². The summed E-state index contributed by atoms with van der Waals surface area (Å²) >= 11 is 3.36. The second kappa shape index (κ2) is 5.91. The van der Waals surface area contributed by atoms with Gasteiger partial charge in [0.15, 0.2) is 5.78 Å². The molecule has 92 valence electrons. The number of rotatable bonds is 4. The first-order valence-corrected chi connectivity index (χ1v) is 6.48. The van der Waals surface area contributed by atoms with E-state index in [4.69, 9.17) is 0 Å². The fraction of sp³-hybridized carbons (Fsp3) is 0.133. The highest BCUT2D eigenvalue weighted by Crippen LogP contribution is 2.20. The van der Waals surface area contributed by atoms with E-state index in [-0.39, 0.29) is 11.6 Å². The normalized spacial score (nSPS) is 10.3. The molecule has 0 radical (unpaired) electrons. The summed E-state index contributed by atoms with van der Waals surface area (Å²) in [6.45, 7) is 0. The molecule has 0 aliphatic carbocycles. The molecule has 0 atom stereocenters. The lowest BCUT2D eigenvalue weighted by atomic mass is 10.0. The molecule has 2 aromatic rings. The van der Waals surface area contributed by atoms with Crippen LogP contribution in [0.1, 0.15) is 22.3 Å². The fourth-order valence-corrected chi connectivity index (χ4v) is 2.20. The van der Waals surface area contributed by atoms with Gasteiger partial charge in [0.1, 0.15) is 5.82 Å². The van der Waals surface area contributed by atoms with Crippen molar-refractivity contribution in [1.29, 1.82) is 0 Å². The summed E-state index contributed by atoms with van der Waals surface area (Å²) in [7, 11) is 0. The predicted octanol–water partition coefficient (Wildman–Crippen LogP) is 4.40. The van der Waals surface area contributed by atoms with Crippen LogP contribution >= 0.6 is 15.9 Å². The van der Waals surface area contributed by atoms with E-state index in [1.165, 1.54) is 12.1 Å². The Morgan fingerprint density at radius 2 is 1.83 bits per heavy atom. The second-order valence-electron chi connectivity index (χ2n) is 4.02. The smallest absolute Gasteiger partial charge is 0.163 e. The molecule has 0 bridgehead atoms. The second-order valence-corrected chi connectivity index (χ2v) is 4.88. The lowest BCUT2D eigenvalue weighted by Gasteiger charge is -2.04. The fourth-order valence-electron chi connectivity index (χ4n) is 1.75. The van der Waals surface area contributed by atoms with Crippen LogP contribution in [0.4, 0.5) is 4.39 Å². The molecule has 1 nitrogen and oxygen atoms in total. The molecular weight excluding hydrogens is 295 g/mol. The van der Waals surface area contributed by atoms with E-state index in [1.807, 2.05) is 18.2 Å². The van der Waals surface area contributed by atoms with Crippen LogP contribution < -0.4 is 0 Å². The molecule has 0 unspecified atom stereocenters. The SMILES string of the molecule is O=C(CCc1cc(F)ccc1Br)c1ccccc1. The Bertz CT molecular complexity index is 552. The maximum Gasteiger partial charge on any atom is 0.163 e. The van der Waals surface area contributed by atoms with Crippen LogP contribution in [0, 0.1) is 5.82 Å². The molecule has 0 saturated heterocycles. The van der Waals surface area contributed by atoms with Gasteiger partial charge in [-0.15, -0.1) is 0 Å². The van der Waals surface area contributed by atoms with Gasteiger partial charge in [-0.2, -0.15) is 0 Å². The minimum Gasteiger partial charge on any atom is -0.294 e. The topological polar surface area (TPSA) is 17.1 Å². The Morgan fingerprint density at radius 3 is 2.56 bits per heavy atom. The Balaban J connectivity index is 2.04. The average Bonchev–Trinajstić information content (AvgIpc) is 2.40. The zero-order chi connectivity index (χ0) is 13.0. The Labute approximate surface area is 114 Å². The highest BCUT2D eigenvalue weighted by Gasteiger charge is 2.08. The van der Waals surface area contributed by atoms with E-state index < -0.39 is 0 Å². The number of Topliss-reactive ketones (excluding diaryl/α,β-unsaturated/α-hetero) is 1. The third-order valence-corrected chi connectivity index (χ3v) is 3.50. The number of aryl methyl sites for hydroxylation is 1. The third kappa shape index (κ3) is 3.26. The first-order valence-electron chi connectivity index (χ1n) is 5.69. The molecule has 0 aliphatic rings. The summed E-state index contributed by atoms with van der Waals surface area (Å²) in [5.41, 5.74) is 1.52. The Morgan fingerprint density at radius 1 is 1.11 bits per heavy atom. The molecule has 0 aliphatic heterocycles. The Kier molecular flexibility index (Phi) is 4.26. The third-order valence-electron chi connectivity index (χ3n) is 2.72.